The Morgan fingerprint density at radius 1 is 0.393 bits per heavy atom. The number of aliphatic hydroxyl groups excluding tert-OH is 2. The largest absolute Gasteiger partial charge is 0.466 e. The van der Waals surface area contributed by atoms with Gasteiger partial charge in [0.15, 0.2) is 0 Å². The predicted molar refractivity (Wildman–Crippen MR) is 264 cm³/mol. The summed E-state index contributed by atoms with van der Waals surface area (Å²) in [5.41, 5.74) is 0. The van der Waals surface area contributed by atoms with Gasteiger partial charge in [0, 0.05) is 12.8 Å². The number of ether oxygens (including phenoxy) is 1. The fraction of sp³-hybridized carbons (Fsp3) is 0.964. The van der Waals surface area contributed by atoms with Crippen molar-refractivity contribution in [3.05, 3.63) is 0 Å². The summed E-state index contributed by atoms with van der Waals surface area (Å²) < 4.78 is 5.48. The van der Waals surface area contributed by atoms with Gasteiger partial charge >= 0.3 is 5.97 Å². The van der Waals surface area contributed by atoms with E-state index in [0.717, 1.165) is 38.5 Å². The Balaban J connectivity index is 3.38. The molecule has 6 nitrogen and oxygen atoms in total. The summed E-state index contributed by atoms with van der Waals surface area (Å²) in [6.07, 6.45) is 58.0. The second kappa shape index (κ2) is 51.5. The fourth-order valence-corrected chi connectivity index (χ4v) is 8.88. The lowest BCUT2D eigenvalue weighted by Gasteiger charge is -2.22. The molecular formula is C55H109NO5. The van der Waals surface area contributed by atoms with Crippen LogP contribution in [0.4, 0.5) is 0 Å². The molecule has 6 heteroatoms. The molecule has 61 heavy (non-hydrogen) atoms. The van der Waals surface area contributed by atoms with Crippen LogP contribution in [0, 0.1) is 0 Å². The summed E-state index contributed by atoms with van der Waals surface area (Å²) >= 11 is 0. The van der Waals surface area contributed by atoms with Gasteiger partial charge in [-0.15, -0.1) is 0 Å². The van der Waals surface area contributed by atoms with Crippen molar-refractivity contribution in [3.8, 4) is 0 Å². The number of unbranched alkanes of at least 4 members (excludes halogenated alkanes) is 41. The molecule has 0 bridgehead atoms. The van der Waals surface area contributed by atoms with Crippen molar-refractivity contribution < 1.29 is 24.5 Å². The Bertz CT molecular complexity index is 867. The van der Waals surface area contributed by atoms with E-state index in [2.05, 4.69) is 19.2 Å². The summed E-state index contributed by atoms with van der Waals surface area (Å²) in [6.45, 7) is 4.95. The molecular weight excluding hydrogens is 755 g/mol. The number of carbonyl (C=O) groups excluding carboxylic acids is 2. The Kier molecular flexibility index (Phi) is 50.5. The van der Waals surface area contributed by atoms with Crippen LogP contribution in [-0.4, -0.2) is 47.4 Å². The lowest BCUT2D eigenvalue weighted by atomic mass is 10.0. The van der Waals surface area contributed by atoms with E-state index in [1.807, 2.05) is 0 Å². The third kappa shape index (κ3) is 48.2. The highest BCUT2D eigenvalue weighted by Crippen LogP contribution is 2.18. The van der Waals surface area contributed by atoms with Crippen molar-refractivity contribution in [1.29, 1.82) is 0 Å². The van der Waals surface area contributed by atoms with Gasteiger partial charge in [0.2, 0.25) is 5.91 Å². The molecule has 0 fully saturated rings. The molecule has 0 aromatic heterocycles. The molecule has 0 aliphatic carbocycles. The molecule has 0 aliphatic rings. The molecule has 3 N–H and O–H groups in total. The zero-order valence-corrected chi connectivity index (χ0v) is 41.4. The molecule has 0 aliphatic heterocycles. The zero-order chi connectivity index (χ0) is 44.4. The van der Waals surface area contributed by atoms with Gasteiger partial charge < -0.3 is 20.3 Å². The van der Waals surface area contributed by atoms with Crippen LogP contribution in [0.5, 0.6) is 0 Å². The summed E-state index contributed by atoms with van der Waals surface area (Å²) in [7, 11) is 0. The molecule has 0 spiro atoms. The molecule has 0 radical (unpaired) electrons. The molecule has 0 saturated heterocycles. The van der Waals surface area contributed by atoms with Crippen LogP contribution in [0.2, 0.25) is 0 Å². The van der Waals surface area contributed by atoms with Crippen molar-refractivity contribution in [2.45, 2.75) is 328 Å². The Morgan fingerprint density at radius 2 is 0.672 bits per heavy atom. The second-order valence-electron chi connectivity index (χ2n) is 19.3. The van der Waals surface area contributed by atoms with E-state index in [0.29, 0.717) is 25.9 Å². The highest BCUT2D eigenvalue weighted by molar-refractivity contribution is 5.76. The van der Waals surface area contributed by atoms with Gasteiger partial charge in [-0.05, 0) is 25.7 Å². The fourth-order valence-electron chi connectivity index (χ4n) is 8.88. The maximum atomic E-state index is 12.4. The van der Waals surface area contributed by atoms with E-state index in [1.54, 1.807) is 0 Å². The molecule has 364 valence electrons. The van der Waals surface area contributed by atoms with E-state index >= 15 is 0 Å². The Morgan fingerprint density at radius 3 is 1.00 bits per heavy atom. The van der Waals surface area contributed by atoms with Gasteiger partial charge in [-0.1, -0.05) is 277 Å². The van der Waals surface area contributed by atoms with Crippen LogP contribution in [0.15, 0.2) is 0 Å². The SMILES string of the molecule is CCCCCCCCCCCCCCCCCCC(=O)OCCCCCCCCCCCCCCCCCCC(=O)NC(CO)C(O)CCCCCCCCCCCCCC. The van der Waals surface area contributed by atoms with E-state index < -0.39 is 12.1 Å². The first-order chi connectivity index (χ1) is 30.0. The van der Waals surface area contributed by atoms with Gasteiger partial charge in [0.05, 0.1) is 25.4 Å². The lowest BCUT2D eigenvalue weighted by molar-refractivity contribution is -0.143. The van der Waals surface area contributed by atoms with Crippen molar-refractivity contribution in [1.82, 2.24) is 5.32 Å². The summed E-state index contributed by atoms with van der Waals surface area (Å²) in [6, 6.07) is -0.544. The van der Waals surface area contributed by atoms with Gasteiger partial charge in [-0.2, -0.15) is 0 Å². The second-order valence-corrected chi connectivity index (χ2v) is 19.3. The molecule has 1 amide bonds. The first-order valence-electron chi connectivity index (χ1n) is 27.8. The summed E-state index contributed by atoms with van der Waals surface area (Å²) in [5, 5.41) is 23.2. The van der Waals surface area contributed by atoms with Crippen LogP contribution >= 0.6 is 0 Å². The number of aliphatic hydroxyl groups is 2. The molecule has 2 unspecified atom stereocenters. The average molecular weight is 864 g/mol. The van der Waals surface area contributed by atoms with Crippen LogP contribution in [-0.2, 0) is 14.3 Å². The summed E-state index contributed by atoms with van der Waals surface area (Å²) in [4.78, 5) is 24.5. The molecule has 0 aromatic carbocycles. The topological polar surface area (TPSA) is 95.9 Å². The van der Waals surface area contributed by atoms with Crippen LogP contribution in [0.1, 0.15) is 316 Å². The van der Waals surface area contributed by atoms with Gasteiger partial charge in [-0.3, -0.25) is 9.59 Å². The lowest BCUT2D eigenvalue weighted by Crippen LogP contribution is -2.45. The van der Waals surface area contributed by atoms with E-state index in [4.69, 9.17) is 4.74 Å². The predicted octanol–water partition coefficient (Wildman–Crippen LogP) is 16.7. The van der Waals surface area contributed by atoms with Crippen molar-refractivity contribution in [2.24, 2.45) is 0 Å². The average Bonchev–Trinajstić information content (AvgIpc) is 3.26. The minimum absolute atomic E-state index is 0.00727. The van der Waals surface area contributed by atoms with Crippen LogP contribution in [0.25, 0.3) is 0 Å². The number of hydrogen-bond acceptors (Lipinski definition) is 5. The molecule has 0 aromatic rings. The highest BCUT2D eigenvalue weighted by Gasteiger charge is 2.20. The van der Waals surface area contributed by atoms with E-state index in [-0.39, 0.29) is 18.5 Å². The van der Waals surface area contributed by atoms with Gasteiger partial charge in [-0.25, -0.2) is 0 Å². The maximum absolute atomic E-state index is 12.4. The molecule has 0 heterocycles. The monoisotopic (exact) mass is 864 g/mol. The van der Waals surface area contributed by atoms with Crippen molar-refractivity contribution in [2.75, 3.05) is 13.2 Å². The Hall–Kier alpha value is -1.14. The number of carbonyl (C=O) groups is 2. The van der Waals surface area contributed by atoms with Crippen LogP contribution in [0.3, 0.4) is 0 Å². The number of amides is 1. The quantitative estimate of drug-likeness (QED) is 0.0418. The Labute approximate surface area is 381 Å². The van der Waals surface area contributed by atoms with E-state index in [9.17, 15) is 19.8 Å². The minimum Gasteiger partial charge on any atom is -0.466 e. The van der Waals surface area contributed by atoms with Crippen molar-refractivity contribution >= 4 is 11.9 Å². The van der Waals surface area contributed by atoms with Gasteiger partial charge in [0.1, 0.15) is 0 Å². The van der Waals surface area contributed by atoms with E-state index in [1.165, 1.54) is 244 Å². The highest BCUT2D eigenvalue weighted by atomic mass is 16.5. The third-order valence-corrected chi connectivity index (χ3v) is 13.2. The van der Waals surface area contributed by atoms with Crippen LogP contribution < -0.4 is 5.32 Å². The number of nitrogens with one attached hydrogen (secondary N) is 1. The first kappa shape index (κ1) is 59.9. The van der Waals surface area contributed by atoms with Gasteiger partial charge in [0.25, 0.3) is 0 Å². The smallest absolute Gasteiger partial charge is 0.305 e. The maximum Gasteiger partial charge on any atom is 0.305 e. The zero-order valence-electron chi connectivity index (χ0n) is 41.4. The molecule has 0 rings (SSSR count). The molecule has 0 saturated carbocycles. The number of hydrogen-bond donors (Lipinski definition) is 3. The number of esters is 1. The number of rotatable bonds is 52. The molecule has 2 atom stereocenters. The van der Waals surface area contributed by atoms with Crippen molar-refractivity contribution in [3.63, 3.8) is 0 Å². The third-order valence-electron chi connectivity index (χ3n) is 13.2. The standard InChI is InChI=1S/C55H109NO5/c1-3-5-7-9-11-13-15-17-18-22-25-29-33-37-41-45-49-55(60)61-50-46-42-38-34-30-26-23-20-19-21-24-28-32-36-40-44-48-54(59)56-52(51-57)53(58)47-43-39-35-31-27-16-14-12-10-8-6-4-2/h52-53,57-58H,3-51H2,1-2H3,(H,56,59). The summed E-state index contributed by atoms with van der Waals surface area (Å²) in [5.74, 6) is -0.0332. The minimum atomic E-state index is -0.666. The normalized spacial score (nSPS) is 12.5. The first-order valence-corrected chi connectivity index (χ1v) is 27.8.